The zero-order chi connectivity index (χ0) is 22.8. The predicted octanol–water partition coefficient (Wildman–Crippen LogP) is 4.85. The molecule has 8 heteroatoms. The van der Waals surface area contributed by atoms with E-state index < -0.39 is 0 Å². The zero-order valence-electron chi connectivity index (χ0n) is 17.3. The molecule has 0 saturated heterocycles. The number of allylic oxidation sites excluding steroid dienone is 1. The summed E-state index contributed by atoms with van der Waals surface area (Å²) in [5.74, 6) is 0.185. The predicted molar refractivity (Wildman–Crippen MR) is 129 cm³/mol. The molecule has 0 aliphatic rings. The van der Waals surface area contributed by atoms with Crippen molar-refractivity contribution in [2.24, 2.45) is 0 Å². The molecule has 0 aliphatic heterocycles. The number of aliphatic hydroxyl groups excluding tert-OH is 1. The number of para-hydroxylation sites is 4. The zero-order valence-corrected chi connectivity index (χ0v) is 18.1. The van der Waals surface area contributed by atoms with Gasteiger partial charge < -0.3 is 10.1 Å². The summed E-state index contributed by atoms with van der Waals surface area (Å²) < 4.78 is 1.52. The number of aromatic nitrogens is 4. The number of thioether (sulfide) groups is 1. The lowest BCUT2D eigenvalue weighted by Crippen LogP contribution is -2.21. The van der Waals surface area contributed by atoms with Crippen molar-refractivity contribution < 1.29 is 5.11 Å². The lowest BCUT2D eigenvalue weighted by molar-refractivity contribution is 0.420. The maximum Gasteiger partial charge on any atom is 0.266 e. The lowest BCUT2D eigenvalue weighted by atomic mass is 10.2. The van der Waals surface area contributed by atoms with E-state index in [4.69, 9.17) is 0 Å². The van der Waals surface area contributed by atoms with Gasteiger partial charge in [-0.15, -0.1) is 0 Å². The average Bonchev–Trinajstić information content (AvgIpc) is 3.27. The van der Waals surface area contributed by atoms with Crippen LogP contribution in [0.25, 0.3) is 33.2 Å². The van der Waals surface area contributed by atoms with Crippen LogP contribution in [0, 0.1) is 11.3 Å². The van der Waals surface area contributed by atoms with Gasteiger partial charge in [-0.3, -0.25) is 9.36 Å². The number of nitrogens with zero attached hydrogens (tertiary/aromatic N) is 4. The quantitative estimate of drug-likeness (QED) is 0.171. The second kappa shape index (κ2) is 8.65. The summed E-state index contributed by atoms with van der Waals surface area (Å²) in [6.45, 7) is 0. The van der Waals surface area contributed by atoms with Crippen molar-refractivity contribution in [3.05, 3.63) is 101 Å². The van der Waals surface area contributed by atoms with Crippen molar-refractivity contribution in [3.8, 4) is 11.8 Å². The third kappa shape index (κ3) is 3.86. The Hall–Kier alpha value is -4.35. The van der Waals surface area contributed by atoms with E-state index in [-0.39, 0.29) is 22.6 Å². The number of imidazole rings is 1. The SMILES string of the molecule is N#CC(=C(O)CSc1nc2ccccc2c(=O)n1-c1ccccc1)c1nc2ccccc2[nH]1. The van der Waals surface area contributed by atoms with Crippen LogP contribution in [0.15, 0.2) is 94.6 Å². The van der Waals surface area contributed by atoms with E-state index in [1.807, 2.05) is 66.7 Å². The van der Waals surface area contributed by atoms with E-state index in [1.54, 1.807) is 18.2 Å². The molecule has 2 aromatic heterocycles. The number of H-pyrrole nitrogens is 1. The maximum absolute atomic E-state index is 13.3. The van der Waals surface area contributed by atoms with E-state index in [2.05, 4.69) is 15.0 Å². The molecule has 0 aliphatic carbocycles. The highest BCUT2D eigenvalue weighted by atomic mass is 32.2. The Labute approximate surface area is 192 Å². The molecule has 3 aromatic carbocycles. The molecule has 0 saturated carbocycles. The fourth-order valence-electron chi connectivity index (χ4n) is 3.54. The van der Waals surface area contributed by atoms with Crippen LogP contribution in [0.4, 0.5) is 0 Å². The second-order valence-corrected chi connectivity index (χ2v) is 8.15. The molecular formula is C25H17N5O2S. The molecule has 0 bridgehead atoms. The Morgan fingerprint density at radius 1 is 0.970 bits per heavy atom. The molecular weight excluding hydrogens is 434 g/mol. The van der Waals surface area contributed by atoms with Crippen LogP contribution in [0.2, 0.25) is 0 Å². The number of nitrogens with one attached hydrogen (secondary N) is 1. The summed E-state index contributed by atoms with van der Waals surface area (Å²) in [5.41, 5.74) is 2.57. The molecule has 0 radical (unpaired) electrons. The number of nitriles is 1. The minimum atomic E-state index is -0.199. The van der Waals surface area contributed by atoms with Crippen molar-refractivity contribution in [1.82, 2.24) is 19.5 Å². The number of rotatable bonds is 5. The molecule has 0 spiro atoms. The highest BCUT2D eigenvalue weighted by Crippen LogP contribution is 2.26. The van der Waals surface area contributed by atoms with Gasteiger partial charge >= 0.3 is 0 Å². The summed E-state index contributed by atoms with van der Waals surface area (Å²) in [7, 11) is 0. The van der Waals surface area contributed by atoms with Crippen molar-refractivity contribution >= 4 is 39.3 Å². The third-order valence-electron chi connectivity index (χ3n) is 5.12. The Balaban J connectivity index is 1.56. The number of fused-ring (bicyclic) bond motifs is 2. The number of hydrogen-bond donors (Lipinski definition) is 2. The first-order chi connectivity index (χ1) is 16.2. The summed E-state index contributed by atoms with van der Waals surface area (Å²) >= 11 is 1.18. The van der Waals surface area contributed by atoms with Crippen LogP contribution in [0.3, 0.4) is 0 Å². The van der Waals surface area contributed by atoms with E-state index in [9.17, 15) is 15.2 Å². The summed E-state index contributed by atoms with van der Waals surface area (Å²) in [6.07, 6.45) is 0. The number of hydrogen-bond acceptors (Lipinski definition) is 6. The summed E-state index contributed by atoms with van der Waals surface area (Å²) in [4.78, 5) is 25.4. The first-order valence-corrected chi connectivity index (χ1v) is 11.1. The molecule has 0 atom stereocenters. The minimum Gasteiger partial charge on any atom is -0.510 e. The van der Waals surface area contributed by atoms with Crippen LogP contribution in [0.1, 0.15) is 5.82 Å². The molecule has 2 heterocycles. The van der Waals surface area contributed by atoms with E-state index in [0.717, 1.165) is 5.52 Å². The summed E-state index contributed by atoms with van der Waals surface area (Å²) in [6, 6.07) is 25.8. The fourth-order valence-corrected chi connectivity index (χ4v) is 4.43. The van der Waals surface area contributed by atoms with Crippen molar-refractivity contribution in [2.45, 2.75) is 5.16 Å². The average molecular weight is 452 g/mol. The van der Waals surface area contributed by atoms with Crippen LogP contribution < -0.4 is 5.56 Å². The first kappa shape index (κ1) is 20.5. The number of aromatic amines is 1. The molecule has 5 aromatic rings. The number of benzene rings is 3. The molecule has 2 N–H and O–H groups in total. The monoisotopic (exact) mass is 451 g/mol. The highest BCUT2D eigenvalue weighted by molar-refractivity contribution is 7.99. The maximum atomic E-state index is 13.3. The van der Waals surface area contributed by atoms with Gasteiger partial charge in [0, 0.05) is 0 Å². The van der Waals surface area contributed by atoms with Gasteiger partial charge in [0.25, 0.3) is 5.56 Å². The molecule has 33 heavy (non-hydrogen) atoms. The number of aliphatic hydroxyl groups is 1. The standard InChI is InChI=1S/C25H17N5O2S/c26-14-18(23-27-20-12-6-7-13-21(20)28-23)22(31)15-33-25-29-19-11-5-4-10-17(19)24(32)30(25)16-8-2-1-3-9-16/h1-13,31H,15H2,(H,27,28). The van der Waals surface area contributed by atoms with Crippen molar-refractivity contribution in [3.63, 3.8) is 0 Å². The van der Waals surface area contributed by atoms with E-state index in [1.165, 1.54) is 16.3 Å². The molecule has 160 valence electrons. The van der Waals surface area contributed by atoms with Crippen LogP contribution in [-0.2, 0) is 0 Å². The van der Waals surface area contributed by atoms with Gasteiger partial charge in [-0.2, -0.15) is 5.26 Å². The van der Waals surface area contributed by atoms with Crippen LogP contribution in [-0.4, -0.2) is 30.4 Å². The molecule has 0 fully saturated rings. The van der Waals surface area contributed by atoms with Crippen molar-refractivity contribution in [1.29, 1.82) is 5.26 Å². The smallest absolute Gasteiger partial charge is 0.266 e. The molecule has 0 unspecified atom stereocenters. The van der Waals surface area contributed by atoms with Gasteiger partial charge in [0.2, 0.25) is 0 Å². The normalized spacial score (nSPS) is 12.0. The van der Waals surface area contributed by atoms with Crippen LogP contribution >= 0.6 is 11.8 Å². The largest absolute Gasteiger partial charge is 0.510 e. The second-order valence-electron chi connectivity index (χ2n) is 7.21. The molecule has 7 nitrogen and oxygen atoms in total. The van der Waals surface area contributed by atoms with Gasteiger partial charge in [0.1, 0.15) is 17.4 Å². The van der Waals surface area contributed by atoms with Gasteiger partial charge in [-0.05, 0) is 36.4 Å². The fraction of sp³-hybridized carbons (Fsp3) is 0.0400. The van der Waals surface area contributed by atoms with Crippen molar-refractivity contribution in [2.75, 3.05) is 5.75 Å². The first-order valence-electron chi connectivity index (χ1n) is 10.1. The van der Waals surface area contributed by atoms with Gasteiger partial charge in [-0.25, -0.2) is 9.97 Å². The molecule has 5 rings (SSSR count). The Bertz CT molecular complexity index is 1580. The third-order valence-corrected chi connectivity index (χ3v) is 6.07. The van der Waals surface area contributed by atoms with Gasteiger partial charge in [0.15, 0.2) is 11.0 Å². The topological polar surface area (TPSA) is 108 Å². The van der Waals surface area contributed by atoms with Crippen LogP contribution in [0.5, 0.6) is 0 Å². The van der Waals surface area contributed by atoms with E-state index in [0.29, 0.717) is 33.1 Å². The van der Waals surface area contributed by atoms with Gasteiger partial charge in [0.05, 0.1) is 33.4 Å². The summed E-state index contributed by atoms with van der Waals surface area (Å²) in [5, 5.41) is 21.4. The lowest BCUT2D eigenvalue weighted by Gasteiger charge is -2.13. The molecule has 0 amide bonds. The Morgan fingerprint density at radius 3 is 2.42 bits per heavy atom. The van der Waals surface area contributed by atoms with E-state index >= 15 is 0 Å². The highest BCUT2D eigenvalue weighted by Gasteiger charge is 2.17. The Morgan fingerprint density at radius 2 is 1.67 bits per heavy atom. The van der Waals surface area contributed by atoms with Gasteiger partial charge in [-0.1, -0.05) is 54.2 Å². The Kier molecular flexibility index (Phi) is 5.39. The minimum absolute atomic E-state index is 0.0392.